The molecule has 134 valence electrons. The fourth-order valence-corrected chi connectivity index (χ4v) is 3.31. The topological polar surface area (TPSA) is 63.2 Å². The zero-order valence-corrected chi connectivity index (χ0v) is 15.9. The Morgan fingerprint density at radius 2 is 1.68 bits per heavy atom. The minimum absolute atomic E-state index is 0.144. The number of carbonyl (C=O) groups excluding carboxylic acids is 1. The lowest BCUT2D eigenvalue weighted by Crippen LogP contribution is -2.26. The smallest absolute Gasteiger partial charge is 0.251 e. The predicted octanol–water partition coefficient (Wildman–Crippen LogP) is 3.78. The molecule has 2 aromatic carbocycles. The van der Waals surface area contributed by atoms with E-state index < -0.39 is 9.84 Å². The number of hydrogen-bond donors (Lipinski definition) is 1. The van der Waals surface area contributed by atoms with Crippen molar-refractivity contribution in [2.75, 3.05) is 6.26 Å². The van der Waals surface area contributed by atoms with Crippen LogP contribution < -0.4 is 5.32 Å². The summed E-state index contributed by atoms with van der Waals surface area (Å²) in [7, 11) is -3.33. The Morgan fingerprint density at radius 1 is 1.04 bits per heavy atom. The van der Waals surface area contributed by atoms with Crippen LogP contribution in [-0.2, 0) is 16.3 Å². The molecule has 5 heteroatoms. The molecule has 0 radical (unpaired) electrons. The van der Waals surface area contributed by atoms with Gasteiger partial charge >= 0.3 is 0 Å². The third-order valence-corrected chi connectivity index (χ3v) is 5.11. The lowest BCUT2D eigenvalue weighted by atomic mass is 10.00. The first-order chi connectivity index (χ1) is 11.7. The van der Waals surface area contributed by atoms with Gasteiger partial charge in [-0.05, 0) is 48.6 Å². The molecule has 0 saturated heterocycles. The molecule has 1 unspecified atom stereocenters. The number of benzene rings is 2. The van der Waals surface area contributed by atoms with Gasteiger partial charge in [0, 0.05) is 11.8 Å². The Bertz CT molecular complexity index is 839. The SMILES string of the molecule is CC(C)Cc1ccc(C(C)NC(=O)c2cccc(S(C)(=O)=O)c2)cc1. The highest BCUT2D eigenvalue weighted by Gasteiger charge is 2.14. The molecule has 2 aromatic rings. The van der Waals surface area contributed by atoms with E-state index in [2.05, 4.69) is 31.3 Å². The van der Waals surface area contributed by atoms with E-state index in [1.165, 1.54) is 17.7 Å². The summed E-state index contributed by atoms with van der Waals surface area (Å²) in [5, 5.41) is 2.92. The summed E-state index contributed by atoms with van der Waals surface area (Å²) in [5.41, 5.74) is 2.63. The van der Waals surface area contributed by atoms with Crippen LogP contribution in [0, 0.1) is 5.92 Å². The average molecular weight is 359 g/mol. The summed E-state index contributed by atoms with van der Waals surface area (Å²) in [6.07, 6.45) is 2.16. The largest absolute Gasteiger partial charge is 0.346 e. The molecule has 2 rings (SSSR count). The lowest BCUT2D eigenvalue weighted by molar-refractivity contribution is 0.0939. The Morgan fingerprint density at radius 3 is 2.24 bits per heavy atom. The number of sulfone groups is 1. The standard InChI is InChI=1S/C20H25NO3S/c1-14(2)12-16-8-10-17(11-9-16)15(3)21-20(22)18-6-5-7-19(13-18)25(4,23)24/h5-11,13-15H,12H2,1-4H3,(H,21,22). The van der Waals surface area contributed by atoms with Gasteiger partial charge in [-0.2, -0.15) is 0 Å². The first-order valence-corrected chi connectivity index (χ1v) is 10.3. The third kappa shape index (κ3) is 5.43. The quantitative estimate of drug-likeness (QED) is 0.854. The van der Waals surface area contributed by atoms with Gasteiger partial charge in [-0.25, -0.2) is 8.42 Å². The first kappa shape index (κ1) is 19.2. The molecule has 0 bridgehead atoms. The van der Waals surface area contributed by atoms with Gasteiger partial charge in [-0.15, -0.1) is 0 Å². The Kier molecular flexibility index (Phi) is 6.01. The van der Waals surface area contributed by atoms with Crippen LogP contribution in [0.25, 0.3) is 0 Å². The van der Waals surface area contributed by atoms with Gasteiger partial charge in [-0.1, -0.05) is 44.2 Å². The van der Waals surface area contributed by atoms with Crippen molar-refractivity contribution in [3.63, 3.8) is 0 Å². The number of amides is 1. The highest BCUT2D eigenvalue weighted by atomic mass is 32.2. The molecular weight excluding hydrogens is 334 g/mol. The van der Waals surface area contributed by atoms with Gasteiger partial charge in [0.2, 0.25) is 0 Å². The fraction of sp³-hybridized carbons (Fsp3) is 0.350. The lowest BCUT2D eigenvalue weighted by Gasteiger charge is -2.15. The van der Waals surface area contributed by atoms with Gasteiger partial charge < -0.3 is 5.32 Å². The molecule has 0 saturated carbocycles. The van der Waals surface area contributed by atoms with Crippen molar-refractivity contribution in [1.82, 2.24) is 5.32 Å². The maximum Gasteiger partial charge on any atom is 0.251 e. The van der Waals surface area contributed by atoms with Crippen molar-refractivity contribution in [3.05, 3.63) is 65.2 Å². The molecular formula is C20H25NO3S. The molecule has 0 aromatic heterocycles. The number of nitrogens with one attached hydrogen (secondary N) is 1. The van der Waals surface area contributed by atoms with E-state index in [0.717, 1.165) is 18.2 Å². The van der Waals surface area contributed by atoms with Crippen LogP contribution in [0.2, 0.25) is 0 Å². The molecule has 25 heavy (non-hydrogen) atoms. The van der Waals surface area contributed by atoms with Crippen LogP contribution in [0.1, 0.15) is 48.3 Å². The van der Waals surface area contributed by atoms with Gasteiger partial charge in [0.25, 0.3) is 5.91 Å². The van der Waals surface area contributed by atoms with Gasteiger partial charge in [0.1, 0.15) is 0 Å². The summed E-state index contributed by atoms with van der Waals surface area (Å²) in [4.78, 5) is 12.6. The van der Waals surface area contributed by atoms with Crippen molar-refractivity contribution in [2.24, 2.45) is 5.92 Å². The van der Waals surface area contributed by atoms with Crippen LogP contribution in [-0.4, -0.2) is 20.6 Å². The molecule has 1 amide bonds. The van der Waals surface area contributed by atoms with E-state index in [1.54, 1.807) is 12.1 Å². The summed E-state index contributed by atoms with van der Waals surface area (Å²) in [6.45, 7) is 6.28. The molecule has 1 N–H and O–H groups in total. The monoisotopic (exact) mass is 359 g/mol. The van der Waals surface area contributed by atoms with Gasteiger partial charge in [0.05, 0.1) is 10.9 Å². The Balaban J connectivity index is 2.10. The second kappa shape index (κ2) is 7.83. The van der Waals surface area contributed by atoms with E-state index in [1.807, 2.05) is 19.1 Å². The van der Waals surface area contributed by atoms with Crippen LogP contribution in [0.3, 0.4) is 0 Å². The predicted molar refractivity (Wildman–Crippen MR) is 100 cm³/mol. The highest BCUT2D eigenvalue weighted by molar-refractivity contribution is 7.90. The van der Waals surface area contributed by atoms with Crippen molar-refractivity contribution >= 4 is 15.7 Å². The van der Waals surface area contributed by atoms with E-state index in [-0.39, 0.29) is 16.8 Å². The molecule has 4 nitrogen and oxygen atoms in total. The summed E-state index contributed by atoms with van der Waals surface area (Å²) < 4.78 is 23.3. The Labute approximate surface area is 150 Å². The van der Waals surface area contributed by atoms with Gasteiger partial charge in [0.15, 0.2) is 9.84 Å². The molecule has 0 heterocycles. The maximum atomic E-state index is 12.4. The van der Waals surface area contributed by atoms with E-state index in [4.69, 9.17) is 0 Å². The van der Waals surface area contributed by atoms with Gasteiger partial charge in [-0.3, -0.25) is 4.79 Å². The van der Waals surface area contributed by atoms with Crippen molar-refractivity contribution < 1.29 is 13.2 Å². The zero-order valence-electron chi connectivity index (χ0n) is 15.1. The van der Waals surface area contributed by atoms with Crippen molar-refractivity contribution in [3.8, 4) is 0 Å². The third-order valence-electron chi connectivity index (χ3n) is 4.00. The number of rotatable bonds is 6. The van der Waals surface area contributed by atoms with Crippen LogP contribution in [0.15, 0.2) is 53.4 Å². The van der Waals surface area contributed by atoms with Crippen LogP contribution in [0.5, 0.6) is 0 Å². The van der Waals surface area contributed by atoms with E-state index in [0.29, 0.717) is 11.5 Å². The normalized spacial score (nSPS) is 12.8. The second-order valence-electron chi connectivity index (χ2n) is 6.83. The Hall–Kier alpha value is -2.14. The summed E-state index contributed by atoms with van der Waals surface area (Å²) >= 11 is 0. The molecule has 0 aliphatic carbocycles. The minimum Gasteiger partial charge on any atom is -0.346 e. The maximum absolute atomic E-state index is 12.4. The molecule has 0 spiro atoms. The summed E-state index contributed by atoms with van der Waals surface area (Å²) in [6, 6.07) is 14.1. The molecule has 1 atom stereocenters. The number of hydrogen-bond acceptors (Lipinski definition) is 3. The molecule has 0 aliphatic rings. The number of carbonyl (C=O) groups is 1. The van der Waals surface area contributed by atoms with Crippen molar-refractivity contribution in [1.29, 1.82) is 0 Å². The zero-order chi connectivity index (χ0) is 18.6. The summed E-state index contributed by atoms with van der Waals surface area (Å²) in [5.74, 6) is 0.314. The van der Waals surface area contributed by atoms with E-state index in [9.17, 15) is 13.2 Å². The van der Waals surface area contributed by atoms with Crippen LogP contribution >= 0.6 is 0 Å². The van der Waals surface area contributed by atoms with Crippen LogP contribution in [0.4, 0.5) is 0 Å². The second-order valence-corrected chi connectivity index (χ2v) is 8.85. The van der Waals surface area contributed by atoms with E-state index >= 15 is 0 Å². The fourth-order valence-electron chi connectivity index (χ4n) is 2.65. The average Bonchev–Trinajstić information content (AvgIpc) is 2.54. The van der Waals surface area contributed by atoms with Crippen molar-refractivity contribution in [2.45, 2.75) is 38.1 Å². The minimum atomic E-state index is -3.33. The first-order valence-electron chi connectivity index (χ1n) is 8.36. The molecule has 0 aliphatic heterocycles. The molecule has 0 fully saturated rings. The highest BCUT2D eigenvalue weighted by Crippen LogP contribution is 2.17.